The first kappa shape index (κ1) is 18.4. The van der Waals surface area contributed by atoms with Gasteiger partial charge in [-0.25, -0.2) is 4.79 Å². The van der Waals surface area contributed by atoms with Crippen LogP contribution < -0.4 is 5.32 Å². The lowest BCUT2D eigenvalue weighted by Crippen LogP contribution is -2.51. The predicted octanol–water partition coefficient (Wildman–Crippen LogP) is -1.38. The SMILES string of the molecule is CC(C)OC(=O)[C@H]1OC[C@H](NC(=O)[C@H]2OC[C@H](N=[N+]=[N-])[C@H]2O)[C@H]1O. The van der Waals surface area contributed by atoms with Crippen molar-refractivity contribution in [1.82, 2.24) is 5.32 Å². The second-order valence-corrected chi connectivity index (χ2v) is 5.86. The number of hydrogen-bond donors (Lipinski definition) is 3. The van der Waals surface area contributed by atoms with Crippen LogP contribution in [0, 0.1) is 0 Å². The van der Waals surface area contributed by atoms with Crippen LogP contribution >= 0.6 is 0 Å². The number of esters is 1. The first-order valence-corrected chi connectivity index (χ1v) is 7.49. The summed E-state index contributed by atoms with van der Waals surface area (Å²) < 4.78 is 15.3. The molecule has 1 amide bonds. The number of aliphatic hydroxyl groups excluding tert-OH is 2. The lowest BCUT2D eigenvalue weighted by Gasteiger charge is -2.21. The molecule has 0 bridgehead atoms. The van der Waals surface area contributed by atoms with Crippen molar-refractivity contribution in [1.29, 1.82) is 0 Å². The van der Waals surface area contributed by atoms with Gasteiger partial charge in [0.2, 0.25) is 0 Å². The van der Waals surface area contributed by atoms with Crippen molar-refractivity contribution in [3.8, 4) is 0 Å². The summed E-state index contributed by atoms with van der Waals surface area (Å²) in [6.45, 7) is 3.15. The van der Waals surface area contributed by atoms with E-state index < -0.39 is 48.4 Å². The summed E-state index contributed by atoms with van der Waals surface area (Å²) in [5.41, 5.74) is 8.38. The molecule has 11 nitrogen and oxygen atoms in total. The Morgan fingerprint density at radius 1 is 1.25 bits per heavy atom. The lowest BCUT2D eigenvalue weighted by molar-refractivity contribution is -0.162. The van der Waals surface area contributed by atoms with Gasteiger partial charge in [-0.05, 0) is 19.4 Å². The number of rotatable bonds is 5. The van der Waals surface area contributed by atoms with Crippen molar-refractivity contribution in [2.24, 2.45) is 5.11 Å². The average molecular weight is 344 g/mol. The summed E-state index contributed by atoms with van der Waals surface area (Å²) in [6.07, 6.45) is -5.35. The van der Waals surface area contributed by atoms with Gasteiger partial charge < -0.3 is 29.7 Å². The van der Waals surface area contributed by atoms with E-state index in [1.54, 1.807) is 13.8 Å². The van der Waals surface area contributed by atoms with Crippen LogP contribution in [0.4, 0.5) is 0 Å². The highest BCUT2D eigenvalue weighted by Crippen LogP contribution is 2.20. The van der Waals surface area contributed by atoms with Crippen molar-refractivity contribution in [3.63, 3.8) is 0 Å². The van der Waals surface area contributed by atoms with Gasteiger partial charge in [-0.1, -0.05) is 5.11 Å². The molecule has 2 saturated heterocycles. The minimum Gasteiger partial charge on any atom is -0.461 e. The van der Waals surface area contributed by atoms with Crippen molar-refractivity contribution in [2.75, 3.05) is 13.2 Å². The zero-order valence-corrected chi connectivity index (χ0v) is 13.2. The smallest absolute Gasteiger partial charge is 0.338 e. The van der Waals surface area contributed by atoms with Gasteiger partial charge in [0.25, 0.3) is 5.91 Å². The van der Waals surface area contributed by atoms with E-state index in [0.29, 0.717) is 0 Å². The quantitative estimate of drug-likeness (QED) is 0.239. The fraction of sp³-hybridized carbons (Fsp3) is 0.846. The summed E-state index contributed by atoms with van der Waals surface area (Å²) in [5, 5.41) is 25.8. The van der Waals surface area contributed by atoms with Crippen molar-refractivity contribution < 1.29 is 34.0 Å². The van der Waals surface area contributed by atoms with Crippen LogP contribution in [-0.4, -0.2) is 77.9 Å². The van der Waals surface area contributed by atoms with Crippen molar-refractivity contribution in [3.05, 3.63) is 10.4 Å². The minimum absolute atomic E-state index is 0.0869. The number of carbonyl (C=O) groups is 2. The van der Waals surface area contributed by atoms with E-state index in [4.69, 9.17) is 19.7 Å². The van der Waals surface area contributed by atoms with Crippen LogP contribution in [0.5, 0.6) is 0 Å². The van der Waals surface area contributed by atoms with E-state index in [-0.39, 0.29) is 19.3 Å². The van der Waals surface area contributed by atoms with Crippen LogP contribution in [-0.2, 0) is 23.8 Å². The standard InChI is InChI=1S/C13H20N4O7/c1-5(2)24-13(21)11-8(18)6(3-23-11)15-12(20)10-9(19)7(4-22-10)16-17-14/h5-11,18-19H,3-4H2,1-2H3,(H,15,20)/t6-,7-,8+,9+,10-,11-/m0/s1. The van der Waals surface area contributed by atoms with E-state index in [9.17, 15) is 19.8 Å². The van der Waals surface area contributed by atoms with E-state index >= 15 is 0 Å². The Morgan fingerprint density at radius 3 is 2.54 bits per heavy atom. The molecule has 0 radical (unpaired) electrons. The summed E-state index contributed by atoms with van der Waals surface area (Å²) >= 11 is 0. The molecule has 2 rings (SSSR count). The summed E-state index contributed by atoms with van der Waals surface area (Å²) in [6, 6.07) is -1.71. The molecule has 0 aromatic carbocycles. The van der Waals surface area contributed by atoms with Gasteiger partial charge in [-0.15, -0.1) is 0 Å². The summed E-state index contributed by atoms with van der Waals surface area (Å²) in [4.78, 5) is 26.5. The number of hydrogen-bond acceptors (Lipinski definition) is 8. The third kappa shape index (κ3) is 3.94. The monoisotopic (exact) mass is 344 g/mol. The van der Waals surface area contributed by atoms with Crippen LogP contribution in [0.3, 0.4) is 0 Å². The zero-order chi connectivity index (χ0) is 17.9. The molecule has 134 valence electrons. The largest absolute Gasteiger partial charge is 0.461 e. The van der Waals surface area contributed by atoms with Gasteiger partial charge >= 0.3 is 5.97 Å². The van der Waals surface area contributed by atoms with Gasteiger partial charge in [0.05, 0.1) is 37.5 Å². The normalized spacial score (nSPS) is 35.5. The Labute approximate surface area is 137 Å². The highest BCUT2D eigenvalue weighted by atomic mass is 16.6. The number of azide groups is 1. The molecular weight excluding hydrogens is 324 g/mol. The molecule has 11 heteroatoms. The van der Waals surface area contributed by atoms with E-state index in [1.165, 1.54) is 0 Å². The lowest BCUT2D eigenvalue weighted by atomic mass is 10.1. The van der Waals surface area contributed by atoms with Crippen LogP contribution in [0.2, 0.25) is 0 Å². The minimum atomic E-state index is -1.29. The molecule has 0 aliphatic carbocycles. The van der Waals surface area contributed by atoms with E-state index in [0.717, 1.165) is 0 Å². The number of nitrogens with one attached hydrogen (secondary N) is 1. The van der Waals surface area contributed by atoms with Gasteiger partial charge in [0.15, 0.2) is 12.2 Å². The molecule has 24 heavy (non-hydrogen) atoms. The molecule has 2 aliphatic heterocycles. The Balaban J connectivity index is 1.91. The fourth-order valence-electron chi connectivity index (χ4n) is 2.51. The highest BCUT2D eigenvalue weighted by molar-refractivity contribution is 5.83. The van der Waals surface area contributed by atoms with Crippen LogP contribution in [0.1, 0.15) is 13.8 Å². The molecular formula is C13H20N4O7. The average Bonchev–Trinajstić information content (AvgIpc) is 3.04. The molecule has 3 N–H and O–H groups in total. The third-order valence-electron chi connectivity index (χ3n) is 3.70. The molecule has 2 heterocycles. The first-order chi connectivity index (χ1) is 11.3. The topological polar surface area (TPSA) is 163 Å². The predicted molar refractivity (Wildman–Crippen MR) is 77.6 cm³/mol. The van der Waals surface area contributed by atoms with Gasteiger partial charge in [0.1, 0.15) is 6.10 Å². The number of amides is 1. The van der Waals surface area contributed by atoms with E-state index in [2.05, 4.69) is 15.3 Å². The van der Waals surface area contributed by atoms with Crippen molar-refractivity contribution >= 4 is 11.9 Å². The molecule has 2 fully saturated rings. The Morgan fingerprint density at radius 2 is 1.92 bits per heavy atom. The van der Waals surface area contributed by atoms with Gasteiger partial charge in [0, 0.05) is 4.91 Å². The molecule has 0 aromatic heterocycles. The molecule has 0 aromatic rings. The second kappa shape index (κ2) is 7.77. The van der Waals surface area contributed by atoms with E-state index in [1.807, 2.05) is 0 Å². The van der Waals surface area contributed by atoms with Gasteiger partial charge in [-0.2, -0.15) is 0 Å². The zero-order valence-electron chi connectivity index (χ0n) is 13.2. The summed E-state index contributed by atoms with van der Waals surface area (Å²) in [7, 11) is 0. The highest BCUT2D eigenvalue weighted by Gasteiger charge is 2.45. The first-order valence-electron chi connectivity index (χ1n) is 7.49. The molecule has 0 spiro atoms. The Kier molecular flexibility index (Phi) is 5.97. The number of carbonyl (C=O) groups excluding carboxylic acids is 2. The van der Waals surface area contributed by atoms with Crippen LogP contribution in [0.15, 0.2) is 5.11 Å². The van der Waals surface area contributed by atoms with Crippen molar-refractivity contribution in [2.45, 2.75) is 56.5 Å². The maximum Gasteiger partial charge on any atom is 0.338 e. The second-order valence-electron chi connectivity index (χ2n) is 5.86. The molecule has 0 saturated carbocycles. The number of ether oxygens (including phenoxy) is 3. The number of aliphatic hydroxyl groups is 2. The molecule has 0 unspecified atom stereocenters. The summed E-state index contributed by atoms with van der Waals surface area (Å²) in [5.74, 6) is -1.40. The Bertz CT molecular complexity index is 536. The maximum absolute atomic E-state index is 12.1. The Hall–Kier alpha value is -1.91. The molecule has 6 atom stereocenters. The van der Waals surface area contributed by atoms with Crippen LogP contribution in [0.25, 0.3) is 10.4 Å². The maximum atomic E-state index is 12.1. The number of nitrogens with zero attached hydrogens (tertiary/aromatic N) is 3. The third-order valence-corrected chi connectivity index (χ3v) is 3.70. The fourth-order valence-corrected chi connectivity index (χ4v) is 2.51. The molecule has 2 aliphatic rings. The van der Waals surface area contributed by atoms with Gasteiger partial charge in [-0.3, -0.25) is 4.79 Å².